The van der Waals surface area contributed by atoms with Crippen LogP contribution in [-0.4, -0.2) is 110 Å². The molecule has 17 heteroatoms. The van der Waals surface area contributed by atoms with Gasteiger partial charge >= 0.3 is 0 Å². The maximum Gasteiger partial charge on any atom is 0.266 e. The Kier molecular flexibility index (Phi) is 14.9. The molecule has 406 valence electrons. The highest BCUT2D eigenvalue weighted by atomic mass is 28.4. The molecular formula is C63H60N4O11Si2. The standard InChI is InChI=1S/C63H60N4O11Si2/c1-7-8-31-79(3,4)78-80(5,6)32-11-30-66-59(73)48-27-21-43(36-52(48)61(66)75)55(69)42-20-26-47-51(35-42)60(74)65(58(47)72)29-10-9-12-38-13-15-39(16-14-38)33-40-17-23-45(24-18-40)67-62(76)49-28-22-44(37-53(49)63(67)77)54(68)41-19-25-46-50(34-41)57(71)64(2)56(46)70/h13-28,34-37H,7-12,29-33H2,1-6H3. The minimum Gasteiger partial charge on any atom is -0.455 e. The SMILES string of the molecule is CCCC[Si](C)(C)O[Si](C)(C)CCCN1C(=O)c2ccc(C(=O)c3ccc4c(c3)C(=O)N(CCCCc3ccc(Cc5ccc(N6C(=O)c7ccc(C(=O)c8ccc9c(c8)C(=O)N(C)C9=O)cc7C6=O)cc5)cc3)C4=O)cc2C1=O. The summed E-state index contributed by atoms with van der Waals surface area (Å²) in [7, 11) is -2.46. The van der Waals surface area contributed by atoms with Crippen LogP contribution in [0.15, 0.2) is 121 Å². The highest BCUT2D eigenvalue weighted by Crippen LogP contribution is 2.33. The fraction of sp³-hybridized carbons (Fsp3) is 0.270. The Balaban J connectivity index is 0.689. The molecule has 6 aromatic rings. The molecule has 0 aliphatic carbocycles. The van der Waals surface area contributed by atoms with Crippen LogP contribution in [0.3, 0.4) is 0 Å². The first kappa shape index (κ1) is 54.9. The van der Waals surface area contributed by atoms with Crippen molar-refractivity contribution in [2.75, 3.05) is 25.0 Å². The van der Waals surface area contributed by atoms with Crippen LogP contribution in [-0.2, 0) is 17.0 Å². The summed E-state index contributed by atoms with van der Waals surface area (Å²) in [5.41, 5.74) is 5.55. The monoisotopic (exact) mass is 1100 g/mol. The van der Waals surface area contributed by atoms with Crippen LogP contribution in [0.5, 0.6) is 0 Å². The summed E-state index contributed by atoms with van der Waals surface area (Å²) in [6.07, 6.45) is 5.46. The number of rotatable bonds is 21. The van der Waals surface area contributed by atoms with Crippen LogP contribution >= 0.6 is 0 Å². The Morgan fingerprint density at radius 1 is 0.412 bits per heavy atom. The maximum absolute atomic E-state index is 13.8. The fourth-order valence-electron chi connectivity index (χ4n) is 11.3. The third-order valence-corrected chi connectivity index (χ3v) is 23.1. The van der Waals surface area contributed by atoms with Crippen LogP contribution in [0, 0.1) is 0 Å². The Morgan fingerprint density at radius 2 is 0.775 bits per heavy atom. The molecule has 0 N–H and O–H groups in total. The van der Waals surface area contributed by atoms with Gasteiger partial charge in [0.25, 0.3) is 47.3 Å². The van der Waals surface area contributed by atoms with E-state index in [9.17, 15) is 47.9 Å². The number of benzene rings is 6. The Morgan fingerprint density at radius 3 is 1.26 bits per heavy atom. The molecule has 0 atom stereocenters. The van der Waals surface area contributed by atoms with Gasteiger partial charge in [0.15, 0.2) is 28.2 Å². The molecule has 0 bridgehead atoms. The minimum absolute atomic E-state index is 0.0859. The Hall–Kier alpha value is -8.39. The third kappa shape index (κ3) is 10.5. The lowest BCUT2D eigenvalue weighted by Crippen LogP contribution is -2.44. The van der Waals surface area contributed by atoms with Gasteiger partial charge in [-0.25, -0.2) is 4.90 Å². The van der Waals surface area contributed by atoms with E-state index in [1.165, 1.54) is 89.6 Å². The third-order valence-electron chi connectivity index (χ3n) is 15.5. The lowest BCUT2D eigenvalue weighted by atomic mass is 9.96. The van der Waals surface area contributed by atoms with Gasteiger partial charge in [-0.2, -0.15) is 0 Å². The number of hydrogen-bond donors (Lipinski definition) is 0. The van der Waals surface area contributed by atoms with Gasteiger partial charge in [-0.1, -0.05) is 80.4 Å². The minimum atomic E-state index is -2.03. The predicted molar refractivity (Wildman–Crippen MR) is 305 cm³/mol. The smallest absolute Gasteiger partial charge is 0.266 e. The zero-order valence-corrected chi connectivity index (χ0v) is 47.6. The molecule has 0 saturated heterocycles. The molecule has 8 amide bonds. The highest BCUT2D eigenvalue weighted by molar-refractivity contribution is 6.84. The van der Waals surface area contributed by atoms with Crippen LogP contribution in [0.1, 0.15) is 170 Å². The van der Waals surface area contributed by atoms with Gasteiger partial charge in [0.2, 0.25) is 0 Å². The van der Waals surface area contributed by atoms with Crippen molar-refractivity contribution in [3.63, 3.8) is 0 Å². The second-order valence-corrected chi connectivity index (χ2v) is 31.1. The number of aryl methyl sites for hydroxylation is 1. The van der Waals surface area contributed by atoms with E-state index in [1.54, 1.807) is 12.1 Å². The van der Waals surface area contributed by atoms with Crippen molar-refractivity contribution >= 4 is 81.1 Å². The number of carbonyl (C=O) groups excluding carboxylic acids is 10. The number of unbranched alkanes of at least 4 members (excludes halogenated alkanes) is 2. The predicted octanol–water partition coefficient (Wildman–Crippen LogP) is 10.6. The summed E-state index contributed by atoms with van der Waals surface area (Å²) in [4.78, 5) is 138. The average Bonchev–Trinajstić information content (AvgIpc) is 4.19. The van der Waals surface area contributed by atoms with Crippen molar-refractivity contribution in [1.82, 2.24) is 14.7 Å². The number of hydrogen-bond acceptors (Lipinski definition) is 11. The maximum atomic E-state index is 13.8. The van der Waals surface area contributed by atoms with Crippen molar-refractivity contribution in [3.8, 4) is 0 Å². The van der Waals surface area contributed by atoms with Crippen LogP contribution in [0.2, 0.25) is 38.3 Å². The van der Waals surface area contributed by atoms with E-state index in [2.05, 4.69) is 33.1 Å². The molecule has 4 aliphatic rings. The summed E-state index contributed by atoms with van der Waals surface area (Å²) < 4.78 is 6.71. The van der Waals surface area contributed by atoms with Crippen LogP contribution in [0.25, 0.3) is 0 Å². The van der Waals surface area contributed by atoms with Crippen LogP contribution in [0.4, 0.5) is 5.69 Å². The first-order valence-electron chi connectivity index (χ1n) is 27.1. The number of amides is 8. The van der Waals surface area contributed by atoms with E-state index < -0.39 is 69.6 Å². The molecule has 0 radical (unpaired) electrons. The molecule has 0 saturated carbocycles. The van der Waals surface area contributed by atoms with E-state index in [0.29, 0.717) is 37.8 Å². The van der Waals surface area contributed by atoms with E-state index in [-0.39, 0.29) is 85.8 Å². The zero-order chi connectivity index (χ0) is 56.9. The molecule has 0 spiro atoms. The first-order valence-corrected chi connectivity index (χ1v) is 33.3. The van der Waals surface area contributed by atoms with Crippen LogP contribution < -0.4 is 4.90 Å². The van der Waals surface area contributed by atoms with Crippen molar-refractivity contribution < 1.29 is 52.1 Å². The van der Waals surface area contributed by atoms with Crippen molar-refractivity contribution in [3.05, 3.63) is 205 Å². The lowest BCUT2D eigenvalue weighted by Gasteiger charge is -2.34. The summed E-state index contributed by atoms with van der Waals surface area (Å²) in [6.45, 7) is 11.5. The lowest BCUT2D eigenvalue weighted by molar-refractivity contribution is 0.0637. The summed E-state index contributed by atoms with van der Waals surface area (Å²) in [5, 5.41) is 0. The Bertz CT molecular complexity index is 3660. The molecule has 80 heavy (non-hydrogen) atoms. The molecule has 0 fully saturated rings. The summed E-state index contributed by atoms with van der Waals surface area (Å²) >= 11 is 0. The summed E-state index contributed by atoms with van der Waals surface area (Å²) in [6, 6.07) is 34.7. The second-order valence-electron chi connectivity index (χ2n) is 22.3. The van der Waals surface area contributed by atoms with Crippen molar-refractivity contribution in [1.29, 1.82) is 0 Å². The van der Waals surface area contributed by atoms with Gasteiger partial charge in [-0.15, -0.1) is 0 Å². The van der Waals surface area contributed by atoms with Gasteiger partial charge < -0.3 is 4.12 Å². The largest absolute Gasteiger partial charge is 0.455 e. The zero-order valence-electron chi connectivity index (χ0n) is 45.6. The number of nitrogens with zero attached hydrogens (tertiary/aromatic N) is 4. The number of carbonyl (C=O) groups is 10. The first-order chi connectivity index (χ1) is 38.1. The number of ketones is 2. The number of fused-ring (bicyclic) bond motifs is 4. The highest BCUT2D eigenvalue weighted by Gasteiger charge is 2.41. The van der Waals surface area contributed by atoms with Gasteiger partial charge in [0, 0.05) is 42.4 Å². The molecule has 4 heterocycles. The van der Waals surface area contributed by atoms with Gasteiger partial charge in [0.1, 0.15) is 0 Å². The molecule has 6 aromatic carbocycles. The molecule has 0 unspecified atom stereocenters. The van der Waals surface area contributed by atoms with E-state index in [0.717, 1.165) is 51.4 Å². The number of imide groups is 4. The molecule has 0 aromatic heterocycles. The topological polar surface area (TPSA) is 193 Å². The van der Waals surface area contributed by atoms with E-state index >= 15 is 0 Å². The Labute approximate surface area is 465 Å². The van der Waals surface area contributed by atoms with Crippen molar-refractivity contribution in [2.24, 2.45) is 0 Å². The molecule has 15 nitrogen and oxygen atoms in total. The summed E-state index contributed by atoms with van der Waals surface area (Å²) in [5.74, 6) is -4.65. The molecule has 10 rings (SSSR count). The van der Waals surface area contributed by atoms with E-state index in [1.807, 2.05) is 36.4 Å². The van der Waals surface area contributed by atoms with Gasteiger partial charge in [0.05, 0.1) is 50.2 Å². The molecule has 4 aliphatic heterocycles. The fourth-order valence-corrected chi connectivity index (χ4v) is 20.3. The normalized spacial score (nSPS) is 14.9. The quantitative estimate of drug-likeness (QED) is 0.0288. The number of anilines is 1. The second kappa shape index (κ2) is 21.7. The average molecular weight is 1110 g/mol. The molecular weight excluding hydrogens is 1040 g/mol. The van der Waals surface area contributed by atoms with E-state index in [4.69, 9.17) is 4.12 Å². The van der Waals surface area contributed by atoms with Gasteiger partial charge in [-0.3, -0.25) is 62.6 Å². The van der Waals surface area contributed by atoms with Crippen molar-refractivity contribution in [2.45, 2.75) is 90.1 Å². The van der Waals surface area contributed by atoms with Gasteiger partial charge in [-0.05, 0) is 148 Å².